The summed E-state index contributed by atoms with van der Waals surface area (Å²) in [6.45, 7) is 6.33. The zero-order valence-corrected chi connectivity index (χ0v) is 20.1. The summed E-state index contributed by atoms with van der Waals surface area (Å²) in [6, 6.07) is 0.612. The highest BCUT2D eigenvalue weighted by molar-refractivity contribution is 5.69. The Labute approximate surface area is 189 Å². The van der Waals surface area contributed by atoms with E-state index in [0.29, 0.717) is 23.3 Å². The number of ether oxygens (including phenoxy) is 1. The minimum absolute atomic E-state index is 0.0230. The molecule has 4 unspecified atom stereocenters. The quantitative estimate of drug-likeness (QED) is 0.594. The number of carbonyl (C=O) groups excluding carboxylic acids is 1. The van der Waals surface area contributed by atoms with Gasteiger partial charge in [0, 0.05) is 19.0 Å². The summed E-state index contributed by atoms with van der Waals surface area (Å²) >= 11 is 0. The van der Waals surface area contributed by atoms with E-state index in [9.17, 15) is 9.90 Å². The van der Waals surface area contributed by atoms with E-state index < -0.39 is 0 Å². The number of nitrogens with one attached hydrogen (secondary N) is 1. The van der Waals surface area contributed by atoms with E-state index in [-0.39, 0.29) is 12.6 Å². The SMILES string of the molecule is COC(=O)CC[C@H]1C[C@H]2CC3C(CC[C@@H]4C[C@H](NCCO)CC[C@]34C)C3CCC1[C@]32C. The van der Waals surface area contributed by atoms with Gasteiger partial charge < -0.3 is 15.2 Å². The maximum Gasteiger partial charge on any atom is 0.305 e. The van der Waals surface area contributed by atoms with E-state index >= 15 is 0 Å². The molecule has 0 radical (unpaired) electrons. The first kappa shape index (κ1) is 22.2. The summed E-state index contributed by atoms with van der Waals surface area (Å²) < 4.78 is 4.96. The maximum atomic E-state index is 11.8. The van der Waals surface area contributed by atoms with Gasteiger partial charge in [-0.1, -0.05) is 13.8 Å². The fourth-order valence-electron chi connectivity index (χ4n) is 10.3. The summed E-state index contributed by atoms with van der Waals surface area (Å²) in [4.78, 5) is 11.8. The van der Waals surface area contributed by atoms with Crippen LogP contribution in [-0.4, -0.2) is 37.4 Å². The number of methoxy groups -OCH3 is 1. The third-order valence-electron chi connectivity index (χ3n) is 11.7. The molecule has 5 aliphatic rings. The summed E-state index contributed by atoms with van der Waals surface area (Å²) in [6.07, 6.45) is 14.1. The van der Waals surface area contributed by atoms with Gasteiger partial charge in [0.15, 0.2) is 0 Å². The lowest BCUT2D eigenvalue weighted by Crippen LogP contribution is -2.56. The first-order chi connectivity index (χ1) is 14.9. The van der Waals surface area contributed by atoms with E-state index in [0.717, 1.165) is 54.4 Å². The molecule has 0 aromatic carbocycles. The van der Waals surface area contributed by atoms with E-state index in [4.69, 9.17) is 4.74 Å². The van der Waals surface area contributed by atoms with Crippen LogP contribution in [0.15, 0.2) is 0 Å². The number of fused-ring (bicyclic) bond motifs is 4. The van der Waals surface area contributed by atoms with Crippen molar-refractivity contribution >= 4 is 5.97 Å². The Bertz CT molecular complexity index is 681. The number of hydrogen-bond acceptors (Lipinski definition) is 4. The van der Waals surface area contributed by atoms with Crippen LogP contribution in [0.1, 0.15) is 84.5 Å². The van der Waals surface area contributed by atoms with E-state index in [2.05, 4.69) is 19.2 Å². The molecule has 2 N–H and O–H groups in total. The monoisotopic (exact) mass is 431 g/mol. The predicted octanol–water partition coefficient (Wildman–Crippen LogP) is 4.80. The van der Waals surface area contributed by atoms with Gasteiger partial charge in [0.2, 0.25) is 0 Å². The molecule has 0 aliphatic heterocycles. The third-order valence-corrected chi connectivity index (χ3v) is 11.7. The van der Waals surface area contributed by atoms with Gasteiger partial charge in [-0.15, -0.1) is 0 Å². The van der Waals surface area contributed by atoms with Gasteiger partial charge in [0.1, 0.15) is 0 Å². The molecule has 0 bridgehead atoms. The third kappa shape index (κ3) is 3.41. The fraction of sp³-hybridized carbons (Fsp3) is 0.963. The second-order valence-corrected chi connectivity index (χ2v) is 12.4. The minimum Gasteiger partial charge on any atom is -0.469 e. The van der Waals surface area contributed by atoms with Gasteiger partial charge in [0.05, 0.1) is 13.7 Å². The highest BCUT2D eigenvalue weighted by Crippen LogP contribution is 2.73. The Hall–Kier alpha value is -0.610. The molecule has 5 fully saturated rings. The Morgan fingerprint density at radius 2 is 1.81 bits per heavy atom. The van der Waals surface area contributed by atoms with Crippen LogP contribution in [0.4, 0.5) is 0 Å². The number of aliphatic hydroxyl groups excluding tert-OH is 1. The molecule has 0 heterocycles. The van der Waals surface area contributed by atoms with Crippen LogP contribution in [0.2, 0.25) is 0 Å². The molecular formula is C27H45NO3. The second-order valence-electron chi connectivity index (χ2n) is 12.4. The summed E-state index contributed by atoms with van der Waals surface area (Å²) in [7, 11) is 1.53. The molecule has 31 heavy (non-hydrogen) atoms. The molecule has 4 heteroatoms. The van der Waals surface area contributed by atoms with Crippen LogP contribution in [0.3, 0.4) is 0 Å². The van der Waals surface area contributed by atoms with Gasteiger partial charge in [-0.2, -0.15) is 0 Å². The highest BCUT2D eigenvalue weighted by atomic mass is 16.5. The van der Waals surface area contributed by atoms with Crippen LogP contribution in [0, 0.1) is 52.3 Å². The zero-order valence-electron chi connectivity index (χ0n) is 20.1. The van der Waals surface area contributed by atoms with Crippen LogP contribution >= 0.6 is 0 Å². The first-order valence-electron chi connectivity index (χ1n) is 13.3. The molecule has 0 saturated heterocycles. The van der Waals surface area contributed by atoms with Gasteiger partial charge in [0.25, 0.3) is 0 Å². The van der Waals surface area contributed by atoms with Crippen molar-refractivity contribution in [1.29, 1.82) is 0 Å². The highest BCUT2D eigenvalue weighted by Gasteiger charge is 2.66. The molecule has 4 nitrogen and oxygen atoms in total. The van der Waals surface area contributed by atoms with Crippen molar-refractivity contribution in [3.8, 4) is 0 Å². The van der Waals surface area contributed by atoms with Gasteiger partial charge in [-0.05, 0) is 116 Å². The fourth-order valence-corrected chi connectivity index (χ4v) is 10.3. The Kier molecular flexibility index (Phi) is 5.95. The molecule has 5 saturated carbocycles. The largest absolute Gasteiger partial charge is 0.469 e. The standard InChI is InChI=1S/C27H45NO3/c1-26-11-10-20(28-12-13-29)15-18(26)5-6-21-23-8-7-22-17(4-9-25(30)31-3)14-19(16-24(21)26)27(22,23)2/h17-24,28-29H,4-16H2,1-3H3/t17-,18+,19-,20+,21?,22?,23?,24?,26-,27+/m0/s1. The van der Waals surface area contributed by atoms with Crippen LogP contribution in [0.5, 0.6) is 0 Å². The zero-order chi connectivity index (χ0) is 21.8. The van der Waals surface area contributed by atoms with Crippen LogP contribution < -0.4 is 5.32 Å². The lowest BCUT2D eigenvalue weighted by molar-refractivity contribution is -0.141. The van der Waals surface area contributed by atoms with E-state index in [1.54, 1.807) is 0 Å². The van der Waals surface area contributed by atoms with Crippen molar-refractivity contribution in [1.82, 2.24) is 5.32 Å². The normalized spacial score (nSPS) is 50.5. The number of rotatable bonds is 6. The Morgan fingerprint density at radius 3 is 2.58 bits per heavy atom. The number of esters is 1. The van der Waals surface area contributed by atoms with Gasteiger partial charge in [-0.3, -0.25) is 4.79 Å². The predicted molar refractivity (Wildman–Crippen MR) is 122 cm³/mol. The molecule has 0 amide bonds. The van der Waals surface area contributed by atoms with Gasteiger partial charge >= 0.3 is 5.97 Å². The lowest BCUT2D eigenvalue weighted by Gasteiger charge is -2.62. The number of carbonyl (C=O) groups is 1. The van der Waals surface area contributed by atoms with Crippen LogP contribution in [0.25, 0.3) is 0 Å². The molecule has 0 spiro atoms. The van der Waals surface area contributed by atoms with E-state index in [1.807, 2.05) is 0 Å². The molecule has 10 atom stereocenters. The summed E-state index contributed by atoms with van der Waals surface area (Å²) in [5, 5.41) is 12.8. The second kappa shape index (κ2) is 8.31. The summed E-state index contributed by atoms with van der Waals surface area (Å²) in [5.74, 6) is 6.06. The maximum absolute atomic E-state index is 11.8. The van der Waals surface area contributed by atoms with Crippen molar-refractivity contribution in [2.24, 2.45) is 52.3 Å². The molecule has 0 aromatic heterocycles. The smallest absolute Gasteiger partial charge is 0.305 e. The minimum atomic E-state index is -0.0230. The summed E-state index contributed by atoms with van der Waals surface area (Å²) in [5.41, 5.74) is 1.05. The van der Waals surface area contributed by atoms with Crippen molar-refractivity contribution in [3.05, 3.63) is 0 Å². The van der Waals surface area contributed by atoms with Gasteiger partial charge in [-0.25, -0.2) is 0 Å². The number of hydrogen-bond donors (Lipinski definition) is 2. The molecular weight excluding hydrogens is 386 g/mol. The lowest BCUT2D eigenvalue weighted by atomic mass is 9.43. The van der Waals surface area contributed by atoms with Crippen molar-refractivity contribution in [2.75, 3.05) is 20.3 Å². The molecule has 5 rings (SSSR count). The Morgan fingerprint density at radius 1 is 1.00 bits per heavy atom. The number of aliphatic hydroxyl groups is 1. The van der Waals surface area contributed by atoms with Crippen molar-refractivity contribution in [3.63, 3.8) is 0 Å². The Balaban J connectivity index is 1.33. The average molecular weight is 432 g/mol. The average Bonchev–Trinajstić information content (AvgIpc) is 3.26. The molecule has 5 aliphatic carbocycles. The van der Waals surface area contributed by atoms with Crippen molar-refractivity contribution in [2.45, 2.75) is 90.5 Å². The topological polar surface area (TPSA) is 58.6 Å². The van der Waals surface area contributed by atoms with Crippen LogP contribution in [-0.2, 0) is 9.53 Å². The first-order valence-corrected chi connectivity index (χ1v) is 13.3. The van der Waals surface area contributed by atoms with Crippen molar-refractivity contribution < 1.29 is 14.6 Å². The molecule has 176 valence electrons. The van der Waals surface area contributed by atoms with E-state index in [1.165, 1.54) is 64.9 Å². The molecule has 0 aromatic rings.